The van der Waals surface area contributed by atoms with Crippen molar-refractivity contribution in [2.24, 2.45) is 11.8 Å². The Bertz CT molecular complexity index is 1180. The predicted octanol–water partition coefficient (Wildman–Crippen LogP) is 9.08. The van der Waals surface area contributed by atoms with E-state index in [9.17, 15) is 24.2 Å². The maximum absolute atomic E-state index is 12.8. The van der Waals surface area contributed by atoms with Gasteiger partial charge in [0.2, 0.25) is 0 Å². The second-order valence-electron chi connectivity index (χ2n) is 17.2. The fraction of sp³-hybridized carbons (Fsp3) is 0.864. The van der Waals surface area contributed by atoms with Crippen molar-refractivity contribution in [3.63, 3.8) is 0 Å². The van der Waals surface area contributed by atoms with Crippen molar-refractivity contribution in [2.45, 2.75) is 186 Å². The number of likely N-dealkylation sites (N-methyl/N-ethyl adjacent to an activating group) is 1. The molecule has 1 heterocycles. The molecule has 2 fully saturated rings. The van der Waals surface area contributed by atoms with Crippen LogP contribution >= 0.6 is 7.82 Å². The van der Waals surface area contributed by atoms with Crippen LogP contribution < -0.4 is 4.89 Å². The molecule has 0 aromatic heterocycles. The lowest BCUT2D eigenvalue weighted by Crippen LogP contribution is -2.37. The van der Waals surface area contributed by atoms with Crippen molar-refractivity contribution in [1.29, 1.82) is 0 Å². The molecule has 7 atom stereocenters. The Morgan fingerprint density at radius 1 is 0.789 bits per heavy atom. The van der Waals surface area contributed by atoms with Gasteiger partial charge in [-0.3, -0.25) is 14.2 Å². The van der Waals surface area contributed by atoms with E-state index in [1.54, 1.807) is 0 Å². The zero-order valence-electron chi connectivity index (χ0n) is 36.3. The summed E-state index contributed by atoms with van der Waals surface area (Å²) in [5, 5.41) is 10.4. The first-order valence-electron chi connectivity index (χ1n) is 22.4. The van der Waals surface area contributed by atoms with E-state index >= 15 is 0 Å². The number of carbonyl (C=O) groups excluding carboxylic acids is 2. The number of nitrogens with zero attached hydrogens (tertiary/aromatic N) is 1. The topological polar surface area (TPSA) is 150 Å². The molecule has 0 aromatic rings. The fourth-order valence-electron chi connectivity index (χ4n) is 7.25. The van der Waals surface area contributed by atoms with Gasteiger partial charge >= 0.3 is 11.9 Å². The van der Waals surface area contributed by atoms with Gasteiger partial charge in [0.25, 0.3) is 7.82 Å². The summed E-state index contributed by atoms with van der Waals surface area (Å²) in [4.78, 5) is 48.8. The number of esters is 2. The summed E-state index contributed by atoms with van der Waals surface area (Å²) < 4.78 is 34.0. The van der Waals surface area contributed by atoms with Crippen molar-refractivity contribution in [3.05, 3.63) is 24.3 Å². The molecule has 13 heteroatoms. The predicted molar refractivity (Wildman–Crippen MR) is 222 cm³/mol. The zero-order valence-corrected chi connectivity index (χ0v) is 37.2. The first-order valence-corrected chi connectivity index (χ1v) is 23.9. The van der Waals surface area contributed by atoms with Crippen LogP contribution in [-0.4, -0.2) is 93.5 Å². The molecule has 7 unspecified atom stereocenters. The molecule has 0 radical (unpaired) electrons. The van der Waals surface area contributed by atoms with E-state index in [4.69, 9.17) is 28.3 Å². The molecule has 2 rings (SSSR count). The number of quaternary nitrogens is 1. The van der Waals surface area contributed by atoms with Gasteiger partial charge < -0.3 is 33.0 Å². The van der Waals surface area contributed by atoms with E-state index < -0.39 is 38.6 Å². The Balaban J connectivity index is 1.74. The molecule has 2 aliphatic rings. The van der Waals surface area contributed by atoms with E-state index in [0.717, 1.165) is 57.8 Å². The minimum atomic E-state index is -4.67. The first-order chi connectivity index (χ1) is 27.3. The van der Waals surface area contributed by atoms with Crippen LogP contribution in [0.1, 0.15) is 162 Å². The van der Waals surface area contributed by atoms with Crippen molar-refractivity contribution < 1.29 is 56.9 Å². The van der Waals surface area contributed by atoms with E-state index in [-0.39, 0.29) is 50.1 Å². The van der Waals surface area contributed by atoms with Gasteiger partial charge in [0.05, 0.1) is 40.0 Å². The quantitative estimate of drug-likeness (QED) is 0.0161. The summed E-state index contributed by atoms with van der Waals surface area (Å²) in [7, 11) is 1.08. The van der Waals surface area contributed by atoms with Gasteiger partial charge in [-0.25, -0.2) is 9.78 Å². The molecule has 57 heavy (non-hydrogen) atoms. The molecule has 2 bridgehead atoms. The molecule has 0 aromatic carbocycles. The van der Waals surface area contributed by atoms with Crippen LogP contribution in [0.5, 0.6) is 0 Å². The molecule has 1 aliphatic heterocycles. The van der Waals surface area contributed by atoms with E-state index in [0.29, 0.717) is 30.3 Å². The number of fused-ring (bicyclic) bond motifs is 2. The molecule has 12 nitrogen and oxygen atoms in total. The summed E-state index contributed by atoms with van der Waals surface area (Å²) in [6.07, 6.45) is 29.5. The average Bonchev–Trinajstić information content (AvgIpc) is 3.77. The average molecular weight is 830 g/mol. The van der Waals surface area contributed by atoms with Gasteiger partial charge in [-0.2, -0.15) is 0 Å². The monoisotopic (exact) mass is 830 g/mol. The van der Waals surface area contributed by atoms with Gasteiger partial charge in [0, 0.05) is 31.1 Å². The second kappa shape index (κ2) is 30.4. The number of unbranched alkanes of at least 4 members (excludes halogenated alkanes) is 15. The maximum Gasteiger partial charge on any atom is 0.306 e. The highest BCUT2D eigenvalue weighted by Gasteiger charge is 2.49. The standard InChI is InChI=1S/C44H80NO11P/c1-6-8-10-11-12-13-14-15-16-17-18-19-24-28-43(47)51-35-38(36-53-57(49,50)52-33-32-45(3,4)5)54-44(48)29-25-21-20-23-27-39-40(42-34-41(39)55-56-42)31-30-37(46)26-22-9-7-2/h20,23,30-31,37-42,46H,6-19,21-22,24-29,32-36H2,1-5H3/b23-20-,31-30+. The van der Waals surface area contributed by atoms with Gasteiger partial charge in [-0.15, -0.1) is 0 Å². The first kappa shape index (κ1) is 51.5. The number of aliphatic hydroxyl groups excluding tert-OH is 1. The molecular weight excluding hydrogens is 749 g/mol. The van der Waals surface area contributed by atoms with E-state index in [2.05, 4.69) is 26.0 Å². The Kier molecular flexibility index (Phi) is 27.5. The van der Waals surface area contributed by atoms with E-state index in [1.807, 2.05) is 33.3 Å². The third kappa shape index (κ3) is 25.6. The summed E-state index contributed by atoms with van der Waals surface area (Å²) in [5.74, 6) is -0.510. The number of phosphoric acid groups is 1. The number of hydrogen-bond acceptors (Lipinski definition) is 11. The Hall–Kier alpha value is -1.63. The summed E-state index contributed by atoms with van der Waals surface area (Å²) >= 11 is 0. The maximum atomic E-state index is 12.8. The van der Waals surface area contributed by atoms with Crippen molar-refractivity contribution in [3.8, 4) is 0 Å². The van der Waals surface area contributed by atoms with Crippen LogP contribution in [0.25, 0.3) is 0 Å². The van der Waals surface area contributed by atoms with Gasteiger partial charge in [-0.1, -0.05) is 134 Å². The Morgan fingerprint density at radius 3 is 2.04 bits per heavy atom. The molecule has 0 spiro atoms. The number of rotatable bonds is 36. The third-order valence-corrected chi connectivity index (χ3v) is 11.8. The lowest BCUT2D eigenvalue weighted by Gasteiger charge is -2.28. The van der Waals surface area contributed by atoms with Crippen molar-refractivity contribution in [1.82, 2.24) is 0 Å². The summed E-state index contributed by atoms with van der Waals surface area (Å²) in [6, 6.07) is 0. The van der Waals surface area contributed by atoms with Crippen LogP contribution in [0.15, 0.2) is 24.3 Å². The normalized spacial score (nSPS) is 21.7. The Morgan fingerprint density at radius 2 is 1.39 bits per heavy atom. The minimum Gasteiger partial charge on any atom is -0.756 e. The zero-order chi connectivity index (χ0) is 41.8. The Labute approximate surface area is 345 Å². The number of phosphoric ester groups is 1. The molecule has 0 amide bonds. The van der Waals surface area contributed by atoms with Gasteiger partial charge in [0.15, 0.2) is 6.10 Å². The number of aliphatic hydroxyl groups is 1. The highest BCUT2D eigenvalue weighted by atomic mass is 31.2. The lowest BCUT2D eigenvalue weighted by atomic mass is 9.89. The lowest BCUT2D eigenvalue weighted by molar-refractivity contribution is -0.870. The molecule has 1 saturated carbocycles. The molecule has 1 aliphatic carbocycles. The van der Waals surface area contributed by atoms with Crippen molar-refractivity contribution in [2.75, 3.05) is 47.5 Å². The minimum absolute atomic E-state index is 0.00231. The largest absolute Gasteiger partial charge is 0.756 e. The highest BCUT2D eigenvalue weighted by Crippen LogP contribution is 2.45. The number of allylic oxidation sites excluding steroid dienone is 2. The summed E-state index contributed by atoms with van der Waals surface area (Å²) in [5.41, 5.74) is 0. The number of carbonyl (C=O) groups is 2. The van der Waals surface area contributed by atoms with Crippen LogP contribution in [0.2, 0.25) is 0 Å². The van der Waals surface area contributed by atoms with Gasteiger partial charge in [0.1, 0.15) is 25.9 Å². The molecule has 1 N–H and O–H groups in total. The molecule has 1 saturated heterocycles. The molecule has 332 valence electrons. The number of hydrogen-bond donors (Lipinski definition) is 1. The fourth-order valence-corrected chi connectivity index (χ4v) is 7.98. The number of ether oxygens (including phenoxy) is 2. The van der Waals surface area contributed by atoms with Crippen LogP contribution in [0.3, 0.4) is 0 Å². The van der Waals surface area contributed by atoms with Crippen LogP contribution in [-0.2, 0) is 42.5 Å². The smallest absolute Gasteiger partial charge is 0.306 e. The molecular formula is C44H80NO11P. The van der Waals surface area contributed by atoms with Crippen molar-refractivity contribution >= 4 is 19.8 Å². The SMILES string of the molecule is CCCCCCCCCCCCCCCC(=O)OCC(COP(=O)([O-])OCC[N+](C)(C)C)OC(=O)CCC/C=C\CC1C2CC(OO2)C1/C=C/C(O)CCCCC. The highest BCUT2D eigenvalue weighted by molar-refractivity contribution is 7.45. The van der Waals surface area contributed by atoms with Gasteiger partial charge in [-0.05, 0) is 32.1 Å². The second-order valence-corrected chi connectivity index (χ2v) is 18.6. The summed E-state index contributed by atoms with van der Waals surface area (Å²) in [6.45, 7) is 3.97. The van der Waals surface area contributed by atoms with Crippen LogP contribution in [0.4, 0.5) is 0 Å². The third-order valence-electron chi connectivity index (χ3n) is 10.8. The van der Waals surface area contributed by atoms with E-state index in [1.165, 1.54) is 57.8 Å². The van der Waals surface area contributed by atoms with Crippen LogP contribution in [0, 0.1) is 11.8 Å².